The minimum absolute atomic E-state index is 0.136. The Balaban J connectivity index is 4.43. The second-order valence-corrected chi connectivity index (χ2v) is 5.11. The maximum Gasteiger partial charge on any atom is 0.240 e. The Morgan fingerprint density at radius 2 is 1.75 bits per heavy atom. The zero-order chi connectivity index (χ0) is 12.6. The van der Waals surface area contributed by atoms with Crippen LogP contribution in [0.15, 0.2) is 0 Å². The highest BCUT2D eigenvalue weighted by Gasteiger charge is 2.32. The SMILES string of the molecule is CCCNC(=O)C(C)(CC(C)C)NCCC. The van der Waals surface area contributed by atoms with Gasteiger partial charge in [0, 0.05) is 6.54 Å². The molecule has 0 rings (SSSR count). The Kier molecular flexibility index (Phi) is 7.39. The zero-order valence-corrected chi connectivity index (χ0v) is 11.5. The fourth-order valence-electron chi connectivity index (χ4n) is 1.90. The normalized spacial score (nSPS) is 14.9. The van der Waals surface area contributed by atoms with E-state index >= 15 is 0 Å². The summed E-state index contributed by atoms with van der Waals surface area (Å²) in [5.74, 6) is 0.651. The van der Waals surface area contributed by atoms with Crippen molar-refractivity contribution in [1.29, 1.82) is 0 Å². The molecule has 0 aromatic heterocycles. The summed E-state index contributed by atoms with van der Waals surface area (Å²) < 4.78 is 0. The average Bonchev–Trinajstić information content (AvgIpc) is 2.22. The monoisotopic (exact) mass is 228 g/mol. The molecule has 96 valence electrons. The number of carbonyl (C=O) groups is 1. The summed E-state index contributed by atoms with van der Waals surface area (Å²) in [6, 6.07) is 0. The summed E-state index contributed by atoms with van der Waals surface area (Å²) >= 11 is 0. The Labute approximate surface area is 100 Å². The first-order valence-corrected chi connectivity index (χ1v) is 6.49. The first-order chi connectivity index (χ1) is 7.46. The van der Waals surface area contributed by atoms with Gasteiger partial charge in [0.2, 0.25) is 5.91 Å². The Hall–Kier alpha value is -0.570. The lowest BCUT2D eigenvalue weighted by molar-refractivity contribution is -0.127. The molecule has 0 radical (unpaired) electrons. The van der Waals surface area contributed by atoms with Crippen LogP contribution in [0.4, 0.5) is 0 Å². The van der Waals surface area contributed by atoms with E-state index in [1.54, 1.807) is 0 Å². The topological polar surface area (TPSA) is 41.1 Å². The van der Waals surface area contributed by atoms with E-state index in [9.17, 15) is 4.79 Å². The van der Waals surface area contributed by atoms with Crippen LogP contribution in [-0.4, -0.2) is 24.5 Å². The van der Waals surface area contributed by atoms with Crippen molar-refractivity contribution in [1.82, 2.24) is 10.6 Å². The van der Waals surface area contributed by atoms with Crippen LogP contribution in [0, 0.1) is 5.92 Å². The van der Waals surface area contributed by atoms with Crippen LogP contribution in [0.25, 0.3) is 0 Å². The largest absolute Gasteiger partial charge is 0.355 e. The van der Waals surface area contributed by atoms with Crippen molar-refractivity contribution in [2.75, 3.05) is 13.1 Å². The molecule has 1 amide bonds. The molecule has 0 saturated heterocycles. The molecule has 1 atom stereocenters. The molecule has 0 fully saturated rings. The zero-order valence-electron chi connectivity index (χ0n) is 11.5. The molecular weight excluding hydrogens is 200 g/mol. The second kappa shape index (κ2) is 7.66. The quantitative estimate of drug-likeness (QED) is 0.669. The van der Waals surface area contributed by atoms with Gasteiger partial charge in [-0.1, -0.05) is 27.7 Å². The van der Waals surface area contributed by atoms with E-state index in [2.05, 4.69) is 38.3 Å². The molecular formula is C13H28N2O. The molecule has 16 heavy (non-hydrogen) atoms. The standard InChI is InChI=1S/C13H28N2O/c1-6-8-14-12(16)13(5,10-11(3)4)15-9-7-2/h11,15H,6-10H2,1-5H3,(H,14,16). The first kappa shape index (κ1) is 15.4. The van der Waals surface area contributed by atoms with Crippen LogP contribution in [0.5, 0.6) is 0 Å². The summed E-state index contributed by atoms with van der Waals surface area (Å²) in [6.45, 7) is 12.2. The van der Waals surface area contributed by atoms with Crippen molar-refractivity contribution in [2.24, 2.45) is 5.92 Å². The van der Waals surface area contributed by atoms with Crippen molar-refractivity contribution in [3.63, 3.8) is 0 Å². The molecule has 0 spiro atoms. The number of rotatable bonds is 8. The molecule has 0 heterocycles. The molecule has 0 aliphatic carbocycles. The fourth-order valence-corrected chi connectivity index (χ4v) is 1.90. The molecule has 1 unspecified atom stereocenters. The van der Waals surface area contributed by atoms with Crippen LogP contribution in [0.3, 0.4) is 0 Å². The number of hydrogen-bond acceptors (Lipinski definition) is 2. The van der Waals surface area contributed by atoms with Gasteiger partial charge in [-0.3, -0.25) is 4.79 Å². The van der Waals surface area contributed by atoms with Crippen molar-refractivity contribution in [3.05, 3.63) is 0 Å². The van der Waals surface area contributed by atoms with Crippen LogP contribution < -0.4 is 10.6 Å². The van der Waals surface area contributed by atoms with E-state index in [0.717, 1.165) is 32.4 Å². The van der Waals surface area contributed by atoms with E-state index in [4.69, 9.17) is 0 Å². The van der Waals surface area contributed by atoms with E-state index in [1.165, 1.54) is 0 Å². The molecule has 3 nitrogen and oxygen atoms in total. The third kappa shape index (κ3) is 5.50. The highest BCUT2D eigenvalue weighted by atomic mass is 16.2. The van der Waals surface area contributed by atoms with Gasteiger partial charge < -0.3 is 10.6 Å². The Morgan fingerprint density at radius 1 is 1.19 bits per heavy atom. The van der Waals surface area contributed by atoms with Gasteiger partial charge >= 0.3 is 0 Å². The van der Waals surface area contributed by atoms with Gasteiger partial charge in [-0.05, 0) is 38.6 Å². The minimum Gasteiger partial charge on any atom is -0.355 e. The third-order valence-electron chi connectivity index (χ3n) is 2.62. The van der Waals surface area contributed by atoms with Crippen LogP contribution in [0.1, 0.15) is 53.9 Å². The molecule has 3 heteroatoms. The van der Waals surface area contributed by atoms with Gasteiger partial charge in [-0.2, -0.15) is 0 Å². The Morgan fingerprint density at radius 3 is 2.19 bits per heavy atom. The third-order valence-corrected chi connectivity index (χ3v) is 2.62. The maximum atomic E-state index is 12.1. The van der Waals surface area contributed by atoms with Crippen LogP contribution in [0.2, 0.25) is 0 Å². The predicted molar refractivity (Wildman–Crippen MR) is 69.5 cm³/mol. The van der Waals surface area contributed by atoms with Crippen molar-refractivity contribution >= 4 is 5.91 Å². The molecule has 0 saturated carbocycles. The summed E-state index contributed by atoms with van der Waals surface area (Å²) in [6.07, 6.45) is 2.91. The lowest BCUT2D eigenvalue weighted by Crippen LogP contribution is -2.55. The minimum atomic E-state index is -0.417. The number of nitrogens with one attached hydrogen (secondary N) is 2. The summed E-state index contributed by atoms with van der Waals surface area (Å²) in [4.78, 5) is 12.1. The number of carbonyl (C=O) groups excluding carboxylic acids is 1. The maximum absolute atomic E-state index is 12.1. The van der Waals surface area contributed by atoms with Crippen LogP contribution in [-0.2, 0) is 4.79 Å². The molecule has 0 aliphatic rings. The van der Waals surface area contributed by atoms with E-state index in [1.807, 2.05) is 6.92 Å². The van der Waals surface area contributed by atoms with Gasteiger partial charge in [0.25, 0.3) is 0 Å². The lowest BCUT2D eigenvalue weighted by atomic mass is 9.89. The molecule has 0 aromatic rings. The van der Waals surface area contributed by atoms with Gasteiger partial charge in [0.15, 0.2) is 0 Å². The summed E-state index contributed by atoms with van der Waals surface area (Å²) in [5, 5.41) is 6.36. The van der Waals surface area contributed by atoms with Gasteiger partial charge in [0.1, 0.15) is 0 Å². The lowest BCUT2D eigenvalue weighted by Gasteiger charge is -2.31. The van der Waals surface area contributed by atoms with Crippen molar-refractivity contribution < 1.29 is 4.79 Å². The van der Waals surface area contributed by atoms with E-state index < -0.39 is 5.54 Å². The number of hydrogen-bond donors (Lipinski definition) is 2. The Bertz CT molecular complexity index is 204. The predicted octanol–water partition coefficient (Wildman–Crippen LogP) is 2.32. The van der Waals surface area contributed by atoms with Crippen molar-refractivity contribution in [3.8, 4) is 0 Å². The fraction of sp³-hybridized carbons (Fsp3) is 0.923. The highest BCUT2D eigenvalue weighted by Crippen LogP contribution is 2.16. The molecule has 0 bridgehead atoms. The average molecular weight is 228 g/mol. The summed E-state index contributed by atoms with van der Waals surface area (Å²) in [5.41, 5.74) is -0.417. The number of amides is 1. The molecule has 2 N–H and O–H groups in total. The smallest absolute Gasteiger partial charge is 0.240 e. The van der Waals surface area contributed by atoms with E-state index in [0.29, 0.717) is 5.92 Å². The molecule has 0 aromatic carbocycles. The second-order valence-electron chi connectivity index (χ2n) is 5.11. The van der Waals surface area contributed by atoms with Gasteiger partial charge in [0.05, 0.1) is 5.54 Å². The molecule has 0 aliphatic heterocycles. The van der Waals surface area contributed by atoms with Gasteiger partial charge in [-0.15, -0.1) is 0 Å². The highest BCUT2D eigenvalue weighted by molar-refractivity contribution is 5.85. The summed E-state index contributed by atoms with van der Waals surface area (Å²) in [7, 11) is 0. The van der Waals surface area contributed by atoms with Gasteiger partial charge in [-0.25, -0.2) is 0 Å². The first-order valence-electron chi connectivity index (χ1n) is 6.49. The van der Waals surface area contributed by atoms with Crippen LogP contribution >= 0.6 is 0 Å². The van der Waals surface area contributed by atoms with Crippen molar-refractivity contribution in [2.45, 2.75) is 59.4 Å². The van der Waals surface area contributed by atoms with E-state index in [-0.39, 0.29) is 5.91 Å².